The van der Waals surface area contributed by atoms with Gasteiger partial charge < -0.3 is 9.88 Å². The fourth-order valence-corrected chi connectivity index (χ4v) is 1.97. The first kappa shape index (κ1) is 10.7. The SMILES string of the molecule is CNC(=O)c1cccc2c1ccn2C(C)C. The van der Waals surface area contributed by atoms with Gasteiger partial charge in [0, 0.05) is 35.8 Å². The summed E-state index contributed by atoms with van der Waals surface area (Å²) in [4.78, 5) is 11.7. The monoisotopic (exact) mass is 216 g/mol. The van der Waals surface area contributed by atoms with Crippen LogP contribution in [0.15, 0.2) is 30.5 Å². The summed E-state index contributed by atoms with van der Waals surface area (Å²) < 4.78 is 2.17. The first-order valence-corrected chi connectivity index (χ1v) is 5.46. The first-order valence-electron chi connectivity index (χ1n) is 5.46. The molecule has 0 unspecified atom stereocenters. The fourth-order valence-electron chi connectivity index (χ4n) is 1.97. The third kappa shape index (κ3) is 1.58. The summed E-state index contributed by atoms with van der Waals surface area (Å²) in [6.07, 6.45) is 2.03. The molecule has 84 valence electrons. The molecule has 1 heterocycles. The van der Waals surface area contributed by atoms with Crippen molar-refractivity contribution >= 4 is 16.8 Å². The van der Waals surface area contributed by atoms with Crippen LogP contribution in [0.3, 0.4) is 0 Å². The summed E-state index contributed by atoms with van der Waals surface area (Å²) in [5.74, 6) is -0.0351. The van der Waals surface area contributed by atoms with Crippen LogP contribution >= 0.6 is 0 Å². The molecule has 1 aromatic heterocycles. The number of aromatic nitrogens is 1. The van der Waals surface area contributed by atoms with Crippen molar-refractivity contribution in [3.8, 4) is 0 Å². The van der Waals surface area contributed by atoms with Crippen molar-refractivity contribution in [1.29, 1.82) is 0 Å². The summed E-state index contributed by atoms with van der Waals surface area (Å²) in [6.45, 7) is 4.26. The summed E-state index contributed by atoms with van der Waals surface area (Å²) in [7, 11) is 1.65. The molecular formula is C13H16N2O. The Bertz CT molecular complexity index is 526. The van der Waals surface area contributed by atoms with E-state index in [0.717, 1.165) is 16.5 Å². The lowest BCUT2D eigenvalue weighted by Gasteiger charge is -2.09. The molecule has 3 heteroatoms. The van der Waals surface area contributed by atoms with Crippen LogP contribution < -0.4 is 5.32 Å². The highest BCUT2D eigenvalue weighted by Gasteiger charge is 2.11. The zero-order valence-electron chi connectivity index (χ0n) is 9.82. The molecule has 0 fully saturated rings. The van der Waals surface area contributed by atoms with Crippen LogP contribution in [-0.4, -0.2) is 17.5 Å². The van der Waals surface area contributed by atoms with Crippen molar-refractivity contribution in [3.63, 3.8) is 0 Å². The van der Waals surface area contributed by atoms with E-state index in [2.05, 4.69) is 23.7 Å². The van der Waals surface area contributed by atoms with Crippen LogP contribution in [-0.2, 0) is 0 Å². The fraction of sp³-hybridized carbons (Fsp3) is 0.308. The van der Waals surface area contributed by atoms with E-state index in [1.165, 1.54) is 0 Å². The molecular weight excluding hydrogens is 200 g/mol. The largest absolute Gasteiger partial charge is 0.355 e. The number of fused-ring (bicyclic) bond motifs is 1. The Balaban J connectivity index is 2.66. The molecule has 2 aromatic rings. The predicted octanol–water partition coefficient (Wildman–Crippen LogP) is 2.58. The van der Waals surface area contributed by atoms with Gasteiger partial charge in [-0.15, -0.1) is 0 Å². The zero-order valence-corrected chi connectivity index (χ0v) is 9.82. The molecule has 1 N–H and O–H groups in total. The van der Waals surface area contributed by atoms with Gasteiger partial charge >= 0.3 is 0 Å². The molecule has 0 saturated carbocycles. The van der Waals surface area contributed by atoms with E-state index >= 15 is 0 Å². The molecule has 0 atom stereocenters. The lowest BCUT2D eigenvalue weighted by atomic mass is 10.1. The van der Waals surface area contributed by atoms with Crippen molar-refractivity contribution in [2.45, 2.75) is 19.9 Å². The van der Waals surface area contributed by atoms with Gasteiger partial charge in [0.15, 0.2) is 0 Å². The average molecular weight is 216 g/mol. The lowest BCUT2D eigenvalue weighted by Crippen LogP contribution is -2.17. The summed E-state index contributed by atoms with van der Waals surface area (Å²) >= 11 is 0. The highest BCUT2D eigenvalue weighted by Crippen LogP contribution is 2.23. The number of benzene rings is 1. The number of carbonyl (C=O) groups is 1. The van der Waals surface area contributed by atoms with Crippen LogP contribution in [0.5, 0.6) is 0 Å². The van der Waals surface area contributed by atoms with E-state index in [9.17, 15) is 4.79 Å². The van der Waals surface area contributed by atoms with Gasteiger partial charge in [-0.1, -0.05) is 6.07 Å². The van der Waals surface area contributed by atoms with E-state index in [1.54, 1.807) is 7.05 Å². The minimum Gasteiger partial charge on any atom is -0.355 e. The van der Waals surface area contributed by atoms with Crippen LogP contribution in [0.2, 0.25) is 0 Å². The van der Waals surface area contributed by atoms with Crippen molar-refractivity contribution in [1.82, 2.24) is 9.88 Å². The van der Waals surface area contributed by atoms with Crippen LogP contribution in [0.1, 0.15) is 30.2 Å². The Labute approximate surface area is 95.1 Å². The molecule has 0 spiro atoms. The number of nitrogens with one attached hydrogen (secondary N) is 1. The molecule has 0 aliphatic carbocycles. The molecule has 0 radical (unpaired) electrons. The molecule has 0 aliphatic rings. The van der Waals surface area contributed by atoms with E-state index < -0.39 is 0 Å². The number of nitrogens with zero attached hydrogens (tertiary/aromatic N) is 1. The normalized spacial score (nSPS) is 11.0. The van der Waals surface area contributed by atoms with E-state index in [1.807, 2.05) is 30.5 Å². The molecule has 16 heavy (non-hydrogen) atoms. The van der Waals surface area contributed by atoms with Crippen molar-refractivity contribution in [3.05, 3.63) is 36.0 Å². The van der Waals surface area contributed by atoms with Gasteiger partial charge in [0.05, 0.1) is 0 Å². The molecule has 2 rings (SSSR count). The minimum absolute atomic E-state index is 0.0351. The minimum atomic E-state index is -0.0351. The molecule has 1 aromatic carbocycles. The topological polar surface area (TPSA) is 34.0 Å². The Morgan fingerprint density at radius 3 is 2.69 bits per heavy atom. The van der Waals surface area contributed by atoms with Crippen LogP contribution in [0, 0.1) is 0 Å². The Kier molecular flexibility index (Phi) is 2.69. The second kappa shape index (κ2) is 4.00. The van der Waals surface area contributed by atoms with Gasteiger partial charge in [0.25, 0.3) is 5.91 Å². The smallest absolute Gasteiger partial charge is 0.251 e. The third-order valence-electron chi connectivity index (χ3n) is 2.79. The highest BCUT2D eigenvalue weighted by molar-refractivity contribution is 6.06. The van der Waals surface area contributed by atoms with Crippen molar-refractivity contribution < 1.29 is 4.79 Å². The Morgan fingerprint density at radius 1 is 1.31 bits per heavy atom. The van der Waals surface area contributed by atoms with E-state index in [4.69, 9.17) is 0 Å². The number of rotatable bonds is 2. The van der Waals surface area contributed by atoms with Crippen LogP contribution in [0.25, 0.3) is 10.9 Å². The van der Waals surface area contributed by atoms with Crippen LogP contribution in [0.4, 0.5) is 0 Å². The second-order valence-electron chi connectivity index (χ2n) is 4.13. The zero-order chi connectivity index (χ0) is 11.7. The van der Waals surface area contributed by atoms with E-state index in [0.29, 0.717) is 6.04 Å². The number of amides is 1. The first-order chi connectivity index (χ1) is 7.65. The van der Waals surface area contributed by atoms with Crippen molar-refractivity contribution in [2.75, 3.05) is 7.05 Å². The maximum atomic E-state index is 11.7. The standard InChI is InChI=1S/C13H16N2O/c1-9(2)15-8-7-10-11(13(16)14-3)5-4-6-12(10)15/h4-9H,1-3H3,(H,14,16). The molecule has 0 saturated heterocycles. The Hall–Kier alpha value is -1.77. The predicted molar refractivity (Wildman–Crippen MR) is 65.7 cm³/mol. The third-order valence-corrected chi connectivity index (χ3v) is 2.79. The number of carbonyl (C=O) groups excluding carboxylic acids is 1. The number of hydrogen-bond donors (Lipinski definition) is 1. The van der Waals surface area contributed by atoms with Gasteiger partial charge in [0.1, 0.15) is 0 Å². The molecule has 0 bridgehead atoms. The van der Waals surface area contributed by atoms with Gasteiger partial charge in [-0.05, 0) is 32.0 Å². The average Bonchev–Trinajstić information content (AvgIpc) is 2.71. The maximum Gasteiger partial charge on any atom is 0.251 e. The maximum absolute atomic E-state index is 11.7. The molecule has 3 nitrogen and oxygen atoms in total. The molecule has 1 amide bonds. The van der Waals surface area contributed by atoms with Crippen molar-refractivity contribution in [2.24, 2.45) is 0 Å². The quantitative estimate of drug-likeness (QED) is 0.822. The number of hydrogen-bond acceptors (Lipinski definition) is 1. The van der Waals surface area contributed by atoms with Gasteiger partial charge in [0.2, 0.25) is 0 Å². The van der Waals surface area contributed by atoms with Gasteiger partial charge in [-0.25, -0.2) is 0 Å². The second-order valence-corrected chi connectivity index (χ2v) is 4.13. The summed E-state index contributed by atoms with van der Waals surface area (Å²) in [5.41, 5.74) is 1.84. The van der Waals surface area contributed by atoms with Gasteiger partial charge in [-0.2, -0.15) is 0 Å². The highest BCUT2D eigenvalue weighted by atomic mass is 16.1. The summed E-state index contributed by atoms with van der Waals surface area (Å²) in [5, 5.41) is 3.67. The molecule has 0 aliphatic heterocycles. The Morgan fingerprint density at radius 2 is 2.06 bits per heavy atom. The van der Waals surface area contributed by atoms with Gasteiger partial charge in [-0.3, -0.25) is 4.79 Å². The lowest BCUT2D eigenvalue weighted by molar-refractivity contribution is 0.0964. The summed E-state index contributed by atoms with van der Waals surface area (Å²) in [6, 6.07) is 8.22. The van der Waals surface area contributed by atoms with E-state index in [-0.39, 0.29) is 5.91 Å².